The third-order valence-corrected chi connectivity index (χ3v) is 6.13. The number of rotatable bonds is 8. The summed E-state index contributed by atoms with van der Waals surface area (Å²) in [4.78, 5) is 26.3. The van der Waals surface area contributed by atoms with E-state index in [0.29, 0.717) is 25.4 Å². The van der Waals surface area contributed by atoms with E-state index in [4.69, 9.17) is 0 Å². The number of nitrogens with zero attached hydrogens (tertiary/aromatic N) is 2. The number of benzene rings is 1. The molecule has 156 valence electrons. The lowest BCUT2D eigenvalue weighted by molar-refractivity contribution is -0.137. The number of aromatic amines is 1. The first-order chi connectivity index (χ1) is 14.1. The van der Waals surface area contributed by atoms with Gasteiger partial charge in [0.15, 0.2) is 0 Å². The zero-order valence-electron chi connectivity index (χ0n) is 17.2. The van der Waals surface area contributed by atoms with Gasteiger partial charge in [0, 0.05) is 38.0 Å². The van der Waals surface area contributed by atoms with Gasteiger partial charge in [0.25, 0.3) is 0 Å². The Labute approximate surface area is 176 Å². The van der Waals surface area contributed by atoms with Crippen molar-refractivity contribution in [1.29, 1.82) is 0 Å². The van der Waals surface area contributed by atoms with Crippen LogP contribution in [0.5, 0.6) is 0 Å². The quantitative estimate of drug-likeness (QED) is 0.696. The molecule has 3 rings (SSSR count). The summed E-state index contributed by atoms with van der Waals surface area (Å²) in [5.41, 5.74) is 3.70. The van der Waals surface area contributed by atoms with Crippen molar-refractivity contribution in [3.8, 4) is 0 Å². The summed E-state index contributed by atoms with van der Waals surface area (Å²) in [6, 6.07) is 9.99. The Morgan fingerprint density at radius 2 is 2.00 bits per heavy atom. The van der Waals surface area contributed by atoms with Crippen LogP contribution < -0.4 is 5.32 Å². The Kier molecular flexibility index (Phi) is 7.75. The van der Waals surface area contributed by atoms with Gasteiger partial charge < -0.3 is 10.2 Å². The van der Waals surface area contributed by atoms with Crippen molar-refractivity contribution in [2.24, 2.45) is 0 Å². The van der Waals surface area contributed by atoms with Crippen LogP contribution in [0.4, 0.5) is 0 Å². The molecule has 0 bridgehead atoms. The molecule has 6 nitrogen and oxygen atoms in total. The van der Waals surface area contributed by atoms with E-state index < -0.39 is 6.04 Å². The number of piperidine rings is 1. The normalized spacial score (nSPS) is 15.9. The molecule has 2 heterocycles. The van der Waals surface area contributed by atoms with Gasteiger partial charge in [-0.05, 0) is 42.4 Å². The Balaban J connectivity index is 1.59. The Hall–Kier alpha value is -2.28. The fourth-order valence-electron chi connectivity index (χ4n) is 3.98. The van der Waals surface area contributed by atoms with Crippen molar-refractivity contribution in [2.75, 3.05) is 25.1 Å². The number of carbonyl (C=O) groups is 2. The number of hydrogen-bond donors (Lipinski definition) is 2. The minimum absolute atomic E-state index is 0.0434. The third kappa shape index (κ3) is 5.85. The van der Waals surface area contributed by atoms with Crippen molar-refractivity contribution in [2.45, 2.75) is 44.6 Å². The van der Waals surface area contributed by atoms with Gasteiger partial charge in [0.1, 0.15) is 6.04 Å². The lowest BCUT2D eigenvalue weighted by atomic mass is 9.89. The first-order valence-corrected chi connectivity index (χ1v) is 11.6. The lowest BCUT2D eigenvalue weighted by Crippen LogP contribution is -2.50. The fraction of sp³-hybridized carbons (Fsp3) is 0.500. The second kappa shape index (κ2) is 10.5. The zero-order valence-corrected chi connectivity index (χ0v) is 18.0. The molecule has 1 aliphatic rings. The molecule has 1 aliphatic heterocycles. The maximum absolute atomic E-state index is 12.9. The highest BCUT2D eigenvalue weighted by atomic mass is 32.2. The summed E-state index contributed by atoms with van der Waals surface area (Å²) in [5.74, 6) is 1.12. The van der Waals surface area contributed by atoms with Crippen LogP contribution in [0.25, 0.3) is 0 Å². The number of nitrogens with one attached hydrogen (secondary N) is 2. The van der Waals surface area contributed by atoms with E-state index in [1.54, 1.807) is 11.8 Å². The number of likely N-dealkylation sites (tertiary alicyclic amines) is 1. The minimum atomic E-state index is -0.419. The highest BCUT2D eigenvalue weighted by Crippen LogP contribution is 2.30. The molecule has 1 aromatic carbocycles. The number of thioether (sulfide) groups is 1. The zero-order chi connectivity index (χ0) is 20.6. The van der Waals surface area contributed by atoms with Gasteiger partial charge in [-0.2, -0.15) is 16.9 Å². The number of H-pyrrole nitrogens is 1. The summed E-state index contributed by atoms with van der Waals surface area (Å²) in [5, 5.41) is 10.3. The van der Waals surface area contributed by atoms with Gasteiger partial charge in [-0.1, -0.05) is 30.3 Å². The Morgan fingerprint density at radius 1 is 1.28 bits per heavy atom. The van der Waals surface area contributed by atoms with Crippen LogP contribution in [0.3, 0.4) is 0 Å². The maximum Gasteiger partial charge on any atom is 0.245 e. The standard InChI is InChI=1S/C22H30N4O2S/c1-16(27)24-20(10-13-29-2)22(28)26-11-8-18(9-12-26)21-19(15-23-25-21)14-17-6-4-3-5-7-17/h3-7,15,18,20H,8-14H2,1-2H3,(H,23,25)(H,24,27)/t20-/m0/s1. The predicted molar refractivity (Wildman–Crippen MR) is 117 cm³/mol. The molecule has 0 unspecified atom stereocenters. The monoisotopic (exact) mass is 414 g/mol. The van der Waals surface area contributed by atoms with Crippen LogP contribution in [-0.4, -0.2) is 58.1 Å². The van der Waals surface area contributed by atoms with Gasteiger partial charge in [-0.3, -0.25) is 14.7 Å². The molecular weight excluding hydrogens is 384 g/mol. The molecule has 2 N–H and O–H groups in total. The van der Waals surface area contributed by atoms with E-state index in [-0.39, 0.29) is 11.8 Å². The van der Waals surface area contributed by atoms with Crippen LogP contribution in [0.2, 0.25) is 0 Å². The molecule has 29 heavy (non-hydrogen) atoms. The van der Waals surface area contributed by atoms with Crippen LogP contribution in [0.1, 0.15) is 48.9 Å². The molecule has 1 atom stereocenters. The lowest BCUT2D eigenvalue weighted by Gasteiger charge is -2.34. The van der Waals surface area contributed by atoms with Gasteiger partial charge >= 0.3 is 0 Å². The average Bonchev–Trinajstić information content (AvgIpc) is 3.19. The smallest absolute Gasteiger partial charge is 0.245 e. The predicted octanol–water partition coefficient (Wildman–Crippen LogP) is 2.96. The molecule has 1 saturated heterocycles. The van der Waals surface area contributed by atoms with Crippen LogP contribution in [0.15, 0.2) is 36.5 Å². The van der Waals surface area contributed by atoms with E-state index in [1.165, 1.54) is 23.7 Å². The summed E-state index contributed by atoms with van der Waals surface area (Å²) in [6.07, 6.45) is 7.29. The van der Waals surface area contributed by atoms with Crippen molar-refractivity contribution >= 4 is 23.6 Å². The number of carbonyl (C=O) groups excluding carboxylic acids is 2. The fourth-order valence-corrected chi connectivity index (χ4v) is 4.45. The summed E-state index contributed by atoms with van der Waals surface area (Å²) in [7, 11) is 0. The topological polar surface area (TPSA) is 78.1 Å². The highest BCUT2D eigenvalue weighted by molar-refractivity contribution is 7.98. The molecule has 1 aromatic heterocycles. The van der Waals surface area contributed by atoms with E-state index >= 15 is 0 Å². The second-order valence-corrected chi connectivity index (χ2v) is 8.59. The molecule has 0 aliphatic carbocycles. The number of aromatic nitrogens is 2. The van der Waals surface area contributed by atoms with Crippen LogP contribution in [-0.2, 0) is 16.0 Å². The largest absolute Gasteiger partial charge is 0.345 e. The van der Waals surface area contributed by atoms with Crippen LogP contribution >= 0.6 is 11.8 Å². The molecule has 1 fully saturated rings. The number of hydrogen-bond acceptors (Lipinski definition) is 4. The van der Waals surface area contributed by atoms with E-state index in [0.717, 1.165) is 25.0 Å². The second-order valence-electron chi connectivity index (χ2n) is 7.61. The average molecular weight is 415 g/mol. The molecule has 2 aromatic rings. The van der Waals surface area contributed by atoms with E-state index in [1.807, 2.05) is 23.4 Å². The first kappa shape index (κ1) is 21.4. The van der Waals surface area contributed by atoms with Crippen molar-refractivity contribution in [3.05, 3.63) is 53.3 Å². The van der Waals surface area contributed by atoms with Crippen molar-refractivity contribution in [3.63, 3.8) is 0 Å². The van der Waals surface area contributed by atoms with Crippen molar-refractivity contribution in [1.82, 2.24) is 20.4 Å². The van der Waals surface area contributed by atoms with Gasteiger partial charge in [0.05, 0.1) is 6.20 Å². The van der Waals surface area contributed by atoms with Crippen molar-refractivity contribution < 1.29 is 9.59 Å². The summed E-state index contributed by atoms with van der Waals surface area (Å²) >= 11 is 1.69. The molecule has 7 heteroatoms. The molecular formula is C22H30N4O2S. The van der Waals surface area contributed by atoms with Gasteiger partial charge in [-0.15, -0.1) is 0 Å². The molecule has 0 radical (unpaired) electrons. The Bertz CT molecular complexity index is 800. The SMILES string of the molecule is CSCC[C@H](NC(C)=O)C(=O)N1CCC(c2[nH]ncc2Cc2ccccc2)CC1. The van der Waals surface area contributed by atoms with Gasteiger partial charge in [0.2, 0.25) is 11.8 Å². The molecule has 0 spiro atoms. The van der Waals surface area contributed by atoms with E-state index in [9.17, 15) is 9.59 Å². The number of amides is 2. The third-order valence-electron chi connectivity index (χ3n) is 5.49. The summed E-state index contributed by atoms with van der Waals surface area (Å²) < 4.78 is 0. The van der Waals surface area contributed by atoms with Crippen LogP contribution in [0, 0.1) is 0 Å². The summed E-state index contributed by atoms with van der Waals surface area (Å²) in [6.45, 7) is 2.89. The Morgan fingerprint density at radius 3 is 2.66 bits per heavy atom. The maximum atomic E-state index is 12.9. The molecule has 0 saturated carbocycles. The van der Waals surface area contributed by atoms with E-state index in [2.05, 4.69) is 39.8 Å². The first-order valence-electron chi connectivity index (χ1n) is 10.2. The minimum Gasteiger partial charge on any atom is -0.345 e. The highest BCUT2D eigenvalue weighted by Gasteiger charge is 2.30. The van der Waals surface area contributed by atoms with Gasteiger partial charge in [-0.25, -0.2) is 0 Å². The molecule has 2 amide bonds.